The maximum absolute atomic E-state index is 13.2. The van der Waals surface area contributed by atoms with Crippen LogP contribution < -0.4 is 14.8 Å². The summed E-state index contributed by atoms with van der Waals surface area (Å²) in [6.45, 7) is 7.38. The summed E-state index contributed by atoms with van der Waals surface area (Å²) in [5.41, 5.74) is 1.87. The lowest BCUT2D eigenvalue weighted by molar-refractivity contribution is -0.134. The number of nitrogens with one attached hydrogen (secondary N) is 2. The number of aliphatic hydroxyl groups is 1. The Bertz CT molecular complexity index is 1230. The Morgan fingerprint density at radius 2 is 2.05 bits per heavy atom. The van der Waals surface area contributed by atoms with E-state index in [0.717, 1.165) is 6.26 Å². The fourth-order valence-corrected chi connectivity index (χ4v) is 4.70. The third kappa shape index (κ3) is 7.13. The fourth-order valence-electron chi connectivity index (χ4n) is 4.14. The SMILES string of the molecule is Cc1noc(C)c1NC(=O)N(C)C[C@H]1Oc2ccc(NS(C)(=O)=O)cc2CC(=O)N([C@H](C)CO)C[C@@H]1C. The summed E-state index contributed by atoms with van der Waals surface area (Å²) in [6, 6.07) is 3.93. The Labute approximate surface area is 217 Å². The number of ether oxygens (including phenoxy) is 1. The van der Waals surface area contributed by atoms with Crippen molar-refractivity contribution in [3.8, 4) is 5.75 Å². The van der Waals surface area contributed by atoms with Gasteiger partial charge in [-0.1, -0.05) is 12.1 Å². The van der Waals surface area contributed by atoms with Gasteiger partial charge in [-0.05, 0) is 39.0 Å². The smallest absolute Gasteiger partial charge is 0.321 e. The van der Waals surface area contributed by atoms with E-state index in [1.54, 1.807) is 50.9 Å². The molecule has 3 rings (SSSR count). The summed E-state index contributed by atoms with van der Waals surface area (Å²) < 4.78 is 37.3. The third-order valence-electron chi connectivity index (χ3n) is 6.29. The molecular weight excluding hydrogens is 502 g/mol. The van der Waals surface area contributed by atoms with Gasteiger partial charge in [-0.3, -0.25) is 9.52 Å². The van der Waals surface area contributed by atoms with Crippen LogP contribution in [0.2, 0.25) is 0 Å². The minimum Gasteiger partial charge on any atom is -0.488 e. The second-order valence-corrected chi connectivity index (χ2v) is 11.3. The van der Waals surface area contributed by atoms with Gasteiger partial charge in [0.25, 0.3) is 0 Å². The van der Waals surface area contributed by atoms with E-state index in [-0.39, 0.29) is 37.4 Å². The van der Waals surface area contributed by atoms with Crippen LogP contribution in [0.4, 0.5) is 16.2 Å². The van der Waals surface area contributed by atoms with Crippen molar-refractivity contribution in [2.45, 2.75) is 46.3 Å². The Morgan fingerprint density at radius 1 is 1.35 bits per heavy atom. The lowest BCUT2D eigenvalue weighted by Gasteiger charge is -2.34. The number of carbonyl (C=O) groups is 2. The van der Waals surface area contributed by atoms with E-state index in [0.29, 0.717) is 40.7 Å². The van der Waals surface area contributed by atoms with Gasteiger partial charge in [-0.25, -0.2) is 13.2 Å². The molecule has 0 aliphatic carbocycles. The highest BCUT2D eigenvalue weighted by atomic mass is 32.2. The summed E-state index contributed by atoms with van der Waals surface area (Å²) in [6.07, 6.45) is 0.482. The van der Waals surface area contributed by atoms with Crippen molar-refractivity contribution in [1.29, 1.82) is 0 Å². The molecule has 0 radical (unpaired) electrons. The highest BCUT2D eigenvalue weighted by Crippen LogP contribution is 2.29. The van der Waals surface area contributed by atoms with Crippen molar-refractivity contribution in [1.82, 2.24) is 15.0 Å². The molecule has 1 aromatic carbocycles. The molecule has 2 heterocycles. The molecule has 3 N–H and O–H groups in total. The van der Waals surface area contributed by atoms with Crippen LogP contribution in [0.25, 0.3) is 0 Å². The van der Waals surface area contributed by atoms with E-state index < -0.39 is 22.2 Å². The van der Waals surface area contributed by atoms with Gasteiger partial charge >= 0.3 is 6.03 Å². The largest absolute Gasteiger partial charge is 0.488 e. The zero-order valence-electron chi connectivity index (χ0n) is 21.9. The number of hydrogen-bond donors (Lipinski definition) is 3. The quantitative estimate of drug-likeness (QED) is 0.484. The number of nitrogens with zero attached hydrogens (tertiary/aromatic N) is 3. The van der Waals surface area contributed by atoms with Crippen molar-refractivity contribution in [3.63, 3.8) is 0 Å². The van der Waals surface area contributed by atoms with Crippen LogP contribution >= 0.6 is 0 Å². The van der Waals surface area contributed by atoms with Gasteiger partial charge in [0.1, 0.15) is 23.2 Å². The van der Waals surface area contributed by atoms with Crippen LogP contribution in [-0.2, 0) is 21.2 Å². The predicted octanol–water partition coefficient (Wildman–Crippen LogP) is 1.98. The van der Waals surface area contributed by atoms with Gasteiger partial charge in [-0.15, -0.1) is 0 Å². The Hall–Kier alpha value is -3.32. The first-order valence-corrected chi connectivity index (χ1v) is 13.8. The Balaban J connectivity index is 1.91. The zero-order chi connectivity index (χ0) is 27.5. The van der Waals surface area contributed by atoms with E-state index in [4.69, 9.17) is 9.26 Å². The number of carbonyl (C=O) groups excluding carboxylic acids is 2. The molecule has 0 bridgehead atoms. The van der Waals surface area contributed by atoms with Crippen molar-refractivity contribution < 1.29 is 32.4 Å². The number of fused-ring (bicyclic) bond motifs is 1. The summed E-state index contributed by atoms with van der Waals surface area (Å²) in [5.74, 6) is 0.472. The van der Waals surface area contributed by atoms with Gasteiger partial charge in [0.05, 0.1) is 31.9 Å². The summed E-state index contributed by atoms with van der Waals surface area (Å²) in [7, 11) is -1.89. The van der Waals surface area contributed by atoms with Gasteiger partial charge in [0.2, 0.25) is 15.9 Å². The van der Waals surface area contributed by atoms with E-state index in [1.807, 2.05) is 6.92 Å². The van der Waals surface area contributed by atoms with Crippen LogP contribution in [0.3, 0.4) is 0 Å². The molecule has 13 heteroatoms. The van der Waals surface area contributed by atoms with Gasteiger partial charge in [-0.2, -0.15) is 0 Å². The van der Waals surface area contributed by atoms with Gasteiger partial charge in [0.15, 0.2) is 5.76 Å². The van der Waals surface area contributed by atoms with E-state index in [9.17, 15) is 23.1 Å². The molecule has 0 unspecified atom stereocenters. The average Bonchev–Trinajstić information content (AvgIpc) is 3.14. The van der Waals surface area contributed by atoms with Crippen LogP contribution in [0.1, 0.15) is 30.9 Å². The molecule has 0 saturated carbocycles. The summed E-state index contributed by atoms with van der Waals surface area (Å²) in [4.78, 5) is 29.2. The minimum atomic E-state index is -3.52. The van der Waals surface area contributed by atoms with Gasteiger partial charge < -0.3 is 29.5 Å². The number of benzene rings is 1. The fraction of sp³-hybridized carbons (Fsp3) is 0.542. The van der Waals surface area contributed by atoms with Gasteiger partial charge in [0, 0.05) is 30.8 Å². The lowest BCUT2D eigenvalue weighted by atomic mass is 10.0. The van der Waals surface area contributed by atoms with E-state index in [2.05, 4.69) is 15.2 Å². The van der Waals surface area contributed by atoms with Crippen molar-refractivity contribution >= 4 is 33.3 Å². The zero-order valence-corrected chi connectivity index (χ0v) is 22.8. The maximum atomic E-state index is 13.2. The summed E-state index contributed by atoms with van der Waals surface area (Å²) in [5, 5.41) is 16.4. The molecule has 0 spiro atoms. The second-order valence-electron chi connectivity index (χ2n) is 9.59. The molecular formula is C24H35N5O7S. The highest BCUT2D eigenvalue weighted by molar-refractivity contribution is 7.92. The number of aromatic nitrogens is 1. The number of amides is 3. The molecule has 0 fully saturated rings. The number of hydrogen-bond acceptors (Lipinski definition) is 8. The van der Waals surface area contributed by atoms with Crippen LogP contribution in [-0.4, -0.2) is 85.6 Å². The molecule has 1 aliphatic rings. The van der Waals surface area contributed by atoms with Crippen LogP contribution in [0, 0.1) is 19.8 Å². The van der Waals surface area contributed by atoms with E-state index >= 15 is 0 Å². The normalized spacial score (nSPS) is 19.1. The predicted molar refractivity (Wildman–Crippen MR) is 138 cm³/mol. The maximum Gasteiger partial charge on any atom is 0.321 e. The first-order valence-electron chi connectivity index (χ1n) is 11.9. The Kier molecular flexibility index (Phi) is 8.69. The average molecular weight is 538 g/mol. The number of anilines is 2. The topological polar surface area (TPSA) is 154 Å². The molecule has 1 aliphatic heterocycles. The minimum absolute atomic E-state index is 0.0409. The van der Waals surface area contributed by atoms with Crippen molar-refractivity contribution in [3.05, 3.63) is 35.2 Å². The van der Waals surface area contributed by atoms with Crippen LogP contribution in [0.15, 0.2) is 22.7 Å². The molecule has 204 valence electrons. The molecule has 1 aromatic heterocycles. The molecule has 2 aromatic rings. The number of sulfonamides is 1. The number of rotatable bonds is 7. The molecule has 0 saturated heterocycles. The first kappa shape index (κ1) is 28.3. The van der Waals surface area contributed by atoms with Crippen LogP contribution in [0.5, 0.6) is 5.75 Å². The third-order valence-corrected chi connectivity index (χ3v) is 6.89. The molecule has 37 heavy (non-hydrogen) atoms. The number of likely N-dealkylation sites (N-methyl/N-ethyl adjacent to an activating group) is 1. The standard InChI is InChI=1S/C24H35N5O7S/c1-14-11-29(15(2)13-30)22(31)10-18-9-19(27-37(6,33)34)7-8-20(18)35-21(14)12-28(5)24(32)25-23-16(3)26-36-17(23)4/h7-9,14-15,21,27,30H,10-13H2,1-6H3,(H,25,32)/t14-,15+,21+/m0/s1. The lowest BCUT2D eigenvalue weighted by Crippen LogP contribution is -2.48. The molecule has 3 amide bonds. The highest BCUT2D eigenvalue weighted by Gasteiger charge is 2.32. The number of aliphatic hydroxyl groups excluding tert-OH is 1. The van der Waals surface area contributed by atoms with Crippen molar-refractivity contribution in [2.75, 3.05) is 43.0 Å². The number of urea groups is 1. The monoisotopic (exact) mass is 537 g/mol. The first-order chi connectivity index (χ1) is 17.3. The number of aryl methyl sites for hydroxylation is 2. The molecule has 3 atom stereocenters. The van der Waals surface area contributed by atoms with E-state index in [1.165, 1.54) is 4.90 Å². The molecule has 12 nitrogen and oxygen atoms in total. The summed E-state index contributed by atoms with van der Waals surface area (Å²) >= 11 is 0. The van der Waals surface area contributed by atoms with Crippen molar-refractivity contribution in [2.24, 2.45) is 5.92 Å². The Morgan fingerprint density at radius 3 is 2.65 bits per heavy atom. The second kappa shape index (κ2) is 11.4.